The molecule has 1 aromatic rings. The maximum atomic E-state index is 5.82. The van der Waals surface area contributed by atoms with E-state index in [4.69, 9.17) is 5.84 Å². The van der Waals surface area contributed by atoms with Gasteiger partial charge in [-0.15, -0.1) is 0 Å². The largest absolute Gasteiger partial charge is 0.363 e. The predicted octanol–water partition coefficient (Wildman–Crippen LogP) is 2.48. The summed E-state index contributed by atoms with van der Waals surface area (Å²) in [5.74, 6) is 7.37. The van der Waals surface area contributed by atoms with Crippen molar-refractivity contribution in [1.29, 1.82) is 0 Å². The Morgan fingerprint density at radius 3 is 2.58 bits per heavy atom. The van der Waals surface area contributed by atoms with Crippen LogP contribution in [0.3, 0.4) is 0 Å². The fourth-order valence-corrected chi connectivity index (χ4v) is 3.26. The minimum absolute atomic E-state index is 0.196. The van der Waals surface area contributed by atoms with Gasteiger partial charge in [-0.1, -0.05) is 26.3 Å². The highest BCUT2D eigenvalue weighted by molar-refractivity contribution is 5.38. The van der Waals surface area contributed by atoms with Gasteiger partial charge in [-0.05, 0) is 35.8 Å². The molecule has 0 spiro atoms. The van der Waals surface area contributed by atoms with Crippen LogP contribution in [0.5, 0.6) is 0 Å². The van der Waals surface area contributed by atoms with Gasteiger partial charge in [-0.25, -0.2) is 4.98 Å². The molecular formula is C15H26N4. The van der Waals surface area contributed by atoms with Gasteiger partial charge < -0.3 is 4.90 Å². The van der Waals surface area contributed by atoms with Crippen LogP contribution >= 0.6 is 0 Å². The third-order valence-corrected chi connectivity index (χ3v) is 4.51. The van der Waals surface area contributed by atoms with Crippen molar-refractivity contribution in [3.8, 4) is 0 Å². The van der Waals surface area contributed by atoms with Crippen molar-refractivity contribution in [3.63, 3.8) is 0 Å². The highest BCUT2D eigenvalue weighted by Crippen LogP contribution is 2.48. The molecule has 19 heavy (non-hydrogen) atoms. The van der Waals surface area contributed by atoms with Crippen molar-refractivity contribution in [2.75, 3.05) is 19.0 Å². The Morgan fingerprint density at radius 2 is 2.16 bits per heavy atom. The lowest BCUT2D eigenvalue weighted by Crippen LogP contribution is -2.37. The molecule has 0 saturated heterocycles. The Labute approximate surface area is 116 Å². The first kappa shape index (κ1) is 14.3. The van der Waals surface area contributed by atoms with Gasteiger partial charge in [0, 0.05) is 20.3 Å². The van der Waals surface area contributed by atoms with Gasteiger partial charge in [0.15, 0.2) is 0 Å². The molecule has 1 aromatic heterocycles. The zero-order chi connectivity index (χ0) is 14.0. The zero-order valence-corrected chi connectivity index (χ0v) is 12.5. The molecule has 2 rings (SSSR count). The molecule has 2 atom stereocenters. The van der Waals surface area contributed by atoms with E-state index in [9.17, 15) is 0 Å². The van der Waals surface area contributed by atoms with Gasteiger partial charge in [0.05, 0.1) is 6.04 Å². The fraction of sp³-hybridized carbons (Fsp3) is 0.667. The van der Waals surface area contributed by atoms with Crippen molar-refractivity contribution in [2.24, 2.45) is 17.2 Å². The van der Waals surface area contributed by atoms with E-state index in [1.807, 2.05) is 25.2 Å². The number of rotatable bonds is 4. The molecule has 1 heterocycles. The van der Waals surface area contributed by atoms with E-state index in [2.05, 4.69) is 36.4 Å². The van der Waals surface area contributed by atoms with Crippen LogP contribution in [0.1, 0.15) is 44.7 Å². The molecule has 4 nitrogen and oxygen atoms in total. The summed E-state index contributed by atoms with van der Waals surface area (Å²) in [6, 6.07) is 4.39. The van der Waals surface area contributed by atoms with Gasteiger partial charge in [0.2, 0.25) is 0 Å². The van der Waals surface area contributed by atoms with Crippen molar-refractivity contribution in [1.82, 2.24) is 10.4 Å². The minimum Gasteiger partial charge on any atom is -0.363 e. The molecule has 1 saturated carbocycles. The van der Waals surface area contributed by atoms with Crippen LogP contribution in [0.15, 0.2) is 18.3 Å². The molecule has 4 heteroatoms. The molecule has 1 fully saturated rings. The molecule has 0 bridgehead atoms. The van der Waals surface area contributed by atoms with E-state index in [1.165, 1.54) is 24.8 Å². The Morgan fingerprint density at radius 1 is 1.42 bits per heavy atom. The van der Waals surface area contributed by atoms with Gasteiger partial charge in [-0.2, -0.15) is 0 Å². The summed E-state index contributed by atoms with van der Waals surface area (Å²) < 4.78 is 0. The Balaban J connectivity index is 2.22. The van der Waals surface area contributed by atoms with Crippen LogP contribution in [-0.2, 0) is 0 Å². The van der Waals surface area contributed by atoms with Gasteiger partial charge in [-0.3, -0.25) is 11.3 Å². The second-order valence-corrected chi connectivity index (χ2v) is 6.48. The monoisotopic (exact) mass is 262 g/mol. The normalized spacial score (nSPS) is 23.3. The van der Waals surface area contributed by atoms with E-state index in [-0.39, 0.29) is 6.04 Å². The SMILES string of the molecule is CN(C)c1ccc(C(NN)C2CCCC2(C)C)cn1. The first-order chi connectivity index (χ1) is 8.95. The molecule has 1 aliphatic rings. The highest BCUT2D eigenvalue weighted by atomic mass is 15.2. The summed E-state index contributed by atoms with van der Waals surface area (Å²) in [5, 5.41) is 0. The number of pyridine rings is 1. The molecule has 0 radical (unpaired) electrons. The molecular weight excluding hydrogens is 236 g/mol. The van der Waals surface area contributed by atoms with Gasteiger partial charge in [0.1, 0.15) is 5.82 Å². The molecule has 1 aliphatic carbocycles. The van der Waals surface area contributed by atoms with Crippen LogP contribution in [0, 0.1) is 11.3 Å². The quantitative estimate of drug-likeness (QED) is 0.646. The number of nitrogens with one attached hydrogen (secondary N) is 1. The van der Waals surface area contributed by atoms with Crippen LogP contribution in [-0.4, -0.2) is 19.1 Å². The number of aromatic nitrogens is 1. The molecule has 0 amide bonds. The number of nitrogens with zero attached hydrogens (tertiary/aromatic N) is 2. The lowest BCUT2D eigenvalue weighted by molar-refractivity contribution is 0.198. The van der Waals surface area contributed by atoms with E-state index >= 15 is 0 Å². The molecule has 106 valence electrons. The number of nitrogens with two attached hydrogens (primary N) is 1. The average molecular weight is 262 g/mol. The van der Waals surface area contributed by atoms with E-state index in [0.717, 1.165) is 5.82 Å². The number of hydrogen-bond acceptors (Lipinski definition) is 4. The summed E-state index contributed by atoms with van der Waals surface area (Å²) in [6.07, 6.45) is 5.75. The summed E-state index contributed by atoms with van der Waals surface area (Å²) in [6.45, 7) is 4.69. The minimum atomic E-state index is 0.196. The fourth-order valence-electron chi connectivity index (χ4n) is 3.26. The van der Waals surface area contributed by atoms with Gasteiger partial charge in [0.25, 0.3) is 0 Å². The van der Waals surface area contributed by atoms with E-state index in [0.29, 0.717) is 11.3 Å². The number of hydrogen-bond donors (Lipinski definition) is 2. The highest BCUT2D eigenvalue weighted by Gasteiger charge is 2.39. The Hall–Kier alpha value is -1.13. The summed E-state index contributed by atoms with van der Waals surface area (Å²) in [5.41, 5.74) is 4.54. The third-order valence-electron chi connectivity index (χ3n) is 4.51. The lowest BCUT2D eigenvalue weighted by atomic mass is 9.76. The maximum absolute atomic E-state index is 5.82. The first-order valence-electron chi connectivity index (χ1n) is 7.05. The summed E-state index contributed by atoms with van der Waals surface area (Å²) in [4.78, 5) is 6.50. The third kappa shape index (κ3) is 2.90. The summed E-state index contributed by atoms with van der Waals surface area (Å²) >= 11 is 0. The first-order valence-corrected chi connectivity index (χ1v) is 7.05. The lowest BCUT2D eigenvalue weighted by Gasteiger charge is -2.34. The van der Waals surface area contributed by atoms with E-state index < -0.39 is 0 Å². The standard InChI is InChI=1S/C15H26N4/c1-15(2)9-5-6-12(15)14(18-16)11-7-8-13(17-10-11)19(3)4/h7-8,10,12,14,18H,5-6,9,16H2,1-4H3. The Kier molecular flexibility index (Phi) is 4.11. The molecule has 2 unspecified atom stereocenters. The van der Waals surface area contributed by atoms with Gasteiger partial charge >= 0.3 is 0 Å². The topological polar surface area (TPSA) is 54.2 Å². The number of anilines is 1. The smallest absolute Gasteiger partial charge is 0.127 e. The molecule has 0 aliphatic heterocycles. The summed E-state index contributed by atoms with van der Waals surface area (Å²) in [7, 11) is 4.00. The second kappa shape index (κ2) is 5.47. The number of hydrazine groups is 1. The second-order valence-electron chi connectivity index (χ2n) is 6.48. The van der Waals surface area contributed by atoms with Crippen molar-refractivity contribution >= 4 is 5.82 Å². The predicted molar refractivity (Wildman–Crippen MR) is 79.8 cm³/mol. The van der Waals surface area contributed by atoms with E-state index in [1.54, 1.807) is 0 Å². The van der Waals surface area contributed by atoms with Crippen molar-refractivity contribution in [2.45, 2.75) is 39.2 Å². The average Bonchev–Trinajstić information content (AvgIpc) is 2.71. The Bertz CT molecular complexity index is 411. The van der Waals surface area contributed by atoms with Crippen molar-refractivity contribution < 1.29 is 0 Å². The van der Waals surface area contributed by atoms with Crippen LogP contribution in [0.4, 0.5) is 5.82 Å². The van der Waals surface area contributed by atoms with Crippen LogP contribution in [0.2, 0.25) is 0 Å². The van der Waals surface area contributed by atoms with Crippen LogP contribution in [0.25, 0.3) is 0 Å². The van der Waals surface area contributed by atoms with Crippen molar-refractivity contribution in [3.05, 3.63) is 23.9 Å². The zero-order valence-electron chi connectivity index (χ0n) is 12.5. The maximum Gasteiger partial charge on any atom is 0.127 e. The van der Waals surface area contributed by atoms with Crippen LogP contribution < -0.4 is 16.2 Å². The molecule has 0 aromatic carbocycles. The molecule has 3 N–H and O–H groups in total.